The van der Waals surface area contributed by atoms with E-state index in [1.165, 1.54) is 0 Å². The summed E-state index contributed by atoms with van der Waals surface area (Å²) in [5, 5.41) is 11.5. The fraction of sp³-hybridized carbons (Fsp3) is 0.833. The number of carbonyl (C=O) groups excluding carboxylic acids is 1. The highest BCUT2D eigenvalue weighted by Crippen LogP contribution is 2.20. The molecule has 17 heavy (non-hydrogen) atoms. The summed E-state index contributed by atoms with van der Waals surface area (Å²) in [6.45, 7) is 7.41. The monoisotopic (exact) mass is 242 g/mol. The van der Waals surface area contributed by atoms with Crippen LogP contribution in [0.15, 0.2) is 0 Å². The van der Waals surface area contributed by atoms with Gasteiger partial charge in [0.1, 0.15) is 6.04 Å². The molecule has 1 saturated heterocycles. The molecule has 0 aromatic heterocycles. The van der Waals surface area contributed by atoms with Crippen LogP contribution in [-0.2, 0) is 4.79 Å². The summed E-state index contributed by atoms with van der Waals surface area (Å²) in [5.41, 5.74) is 0. The van der Waals surface area contributed by atoms with Gasteiger partial charge in [-0.25, -0.2) is 9.59 Å². The van der Waals surface area contributed by atoms with Gasteiger partial charge in [-0.3, -0.25) is 0 Å². The van der Waals surface area contributed by atoms with Crippen molar-refractivity contribution in [3.63, 3.8) is 0 Å². The van der Waals surface area contributed by atoms with Crippen LogP contribution in [0.4, 0.5) is 4.79 Å². The van der Waals surface area contributed by atoms with Gasteiger partial charge in [0.15, 0.2) is 0 Å². The van der Waals surface area contributed by atoms with E-state index in [0.717, 1.165) is 6.42 Å². The number of hydrogen-bond donors (Lipinski definition) is 2. The zero-order valence-corrected chi connectivity index (χ0v) is 10.8. The molecule has 0 aliphatic carbocycles. The molecule has 5 nitrogen and oxygen atoms in total. The number of carbonyl (C=O) groups is 2. The van der Waals surface area contributed by atoms with E-state index in [0.29, 0.717) is 31.3 Å². The lowest BCUT2D eigenvalue weighted by molar-refractivity contribution is -0.139. The van der Waals surface area contributed by atoms with Gasteiger partial charge in [0.2, 0.25) is 0 Å². The Balaban J connectivity index is 2.54. The third-order valence-electron chi connectivity index (χ3n) is 3.16. The van der Waals surface area contributed by atoms with E-state index in [1.54, 1.807) is 11.8 Å². The van der Waals surface area contributed by atoms with E-state index in [1.807, 2.05) is 0 Å². The summed E-state index contributed by atoms with van der Waals surface area (Å²) in [6.07, 6.45) is 1.53. The van der Waals surface area contributed by atoms with Gasteiger partial charge >= 0.3 is 12.0 Å². The molecule has 0 aromatic carbocycles. The van der Waals surface area contributed by atoms with Crippen molar-refractivity contribution in [2.45, 2.75) is 39.7 Å². The first-order valence-electron chi connectivity index (χ1n) is 6.22. The number of urea groups is 1. The van der Waals surface area contributed by atoms with Gasteiger partial charge in [-0.1, -0.05) is 20.8 Å². The molecular weight excluding hydrogens is 220 g/mol. The maximum atomic E-state index is 11.9. The Morgan fingerprint density at radius 2 is 1.88 bits per heavy atom. The average molecular weight is 242 g/mol. The molecular formula is C12H22N2O3. The van der Waals surface area contributed by atoms with Crippen molar-refractivity contribution in [3.05, 3.63) is 0 Å². The SMILES string of the molecule is CC[C@H](NC(=O)N1CC(C)CC(C)C1)C(=O)O. The molecule has 2 amide bonds. The van der Waals surface area contributed by atoms with Crippen molar-refractivity contribution < 1.29 is 14.7 Å². The van der Waals surface area contributed by atoms with E-state index < -0.39 is 12.0 Å². The normalized spacial score (nSPS) is 26.4. The van der Waals surface area contributed by atoms with Crippen LogP contribution < -0.4 is 5.32 Å². The molecule has 0 aromatic rings. The van der Waals surface area contributed by atoms with Crippen molar-refractivity contribution in [1.82, 2.24) is 10.2 Å². The summed E-state index contributed by atoms with van der Waals surface area (Å²) in [7, 11) is 0. The van der Waals surface area contributed by atoms with Gasteiger partial charge in [0, 0.05) is 13.1 Å². The van der Waals surface area contributed by atoms with Gasteiger partial charge in [-0.15, -0.1) is 0 Å². The summed E-state index contributed by atoms with van der Waals surface area (Å²) in [6, 6.07) is -1.03. The van der Waals surface area contributed by atoms with Crippen LogP contribution in [0.25, 0.3) is 0 Å². The van der Waals surface area contributed by atoms with Crippen LogP contribution >= 0.6 is 0 Å². The summed E-state index contributed by atoms with van der Waals surface area (Å²) >= 11 is 0. The second kappa shape index (κ2) is 5.89. The van der Waals surface area contributed by atoms with Crippen LogP contribution in [0.3, 0.4) is 0 Å². The van der Waals surface area contributed by atoms with Gasteiger partial charge in [-0.05, 0) is 24.7 Å². The minimum Gasteiger partial charge on any atom is -0.480 e. The number of nitrogens with one attached hydrogen (secondary N) is 1. The topological polar surface area (TPSA) is 69.6 Å². The van der Waals surface area contributed by atoms with E-state index in [9.17, 15) is 9.59 Å². The molecule has 2 N–H and O–H groups in total. The van der Waals surface area contributed by atoms with Crippen molar-refractivity contribution >= 4 is 12.0 Å². The van der Waals surface area contributed by atoms with Crippen molar-refractivity contribution in [2.24, 2.45) is 11.8 Å². The van der Waals surface area contributed by atoms with Gasteiger partial charge < -0.3 is 15.3 Å². The number of piperidine rings is 1. The second-order valence-electron chi connectivity index (χ2n) is 5.10. The number of rotatable bonds is 3. The molecule has 1 rings (SSSR count). The van der Waals surface area contributed by atoms with Crippen LogP contribution in [-0.4, -0.2) is 41.1 Å². The Labute approximate surface area is 102 Å². The first-order valence-corrected chi connectivity index (χ1v) is 6.22. The lowest BCUT2D eigenvalue weighted by atomic mass is 9.92. The predicted octanol–water partition coefficient (Wildman–Crippen LogP) is 1.54. The lowest BCUT2D eigenvalue weighted by Crippen LogP contribution is -2.51. The fourth-order valence-corrected chi connectivity index (χ4v) is 2.41. The Morgan fingerprint density at radius 3 is 2.29 bits per heavy atom. The number of aliphatic carboxylic acids is 1. The van der Waals surface area contributed by atoms with Gasteiger partial charge in [-0.2, -0.15) is 0 Å². The molecule has 0 radical (unpaired) electrons. The largest absolute Gasteiger partial charge is 0.480 e. The van der Waals surface area contributed by atoms with Crippen molar-refractivity contribution in [3.8, 4) is 0 Å². The third-order valence-corrected chi connectivity index (χ3v) is 3.16. The quantitative estimate of drug-likeness (QED) is 0.788. The molecule has 0 bridgehead atoms. The van der Waals surface area contributed by atoms with Crippen LogP contribution in [0, 0.1) is 11.8 Å². The van der Waals surface area contributed by atoms with E-state index in [4.69, 9.17) is 5.11 Å². The molecule has 98 valence electrons. The van der Waals surface area contributed by atoms with E-state index in [2.05, 4.69) is 19.2 Å². The molecule has 1 aliphatic rings. The minimum atomic E-state index is -0.973. The Morgan fingerprint density at radius 1 is 1.35 bits per heavy atom. The zero-order chi connectivity index (χ0) is 13.0. The molecule has 1 fully saturated rings. The predicted molar refractivity (Wildman–Crippen MR) is 64.8 cm³/mol. The van der Waals surface area contributed by atoms with E-state index >= 15 is 0 Å². The molecule has 1 heterocycles. The number of hydrogen-bond acceptors (Lipinski definition) is 2. The molecule has 5 heteroatoms. The highest BCUT2D eigenvalue weighted by atomic mass is 16.4. The maximum absolute atomic E-state index is 11.9. The van der Waals surface area contributed by atoms with Crippen molar-refractivity contribution in [2.75, 3.05) is 13.1 Å². The summed E-state index contributed by atoms with van der Waals surface area (Å²) in [5.74, 6) is -0.0113. The maximum Gasteiger partial charge on any atom is 0.326 e. The standard InChI is InChI=1S/C12H22N2O3/c1-4-10(11(15)16)13-12(17)14-6-8(2)5-9(3)7-14/h8-10H,4-7H2,1-3H3,(H,13,17)(H,15,16)/t8?,9?,10-/m0/s1. The average Bonchev–Trinajstić information content (AvgIpc) is 2.23. The Hall–Kier alpha value is -1.26. The third kappa shape index (κ3) is 3.91. The van der Waals surface area contributed by atoms with Crippen LogP contribution in [0.5, 0.6) is 0 Å². The van der Waals surface area contributed by atoms with Crippen molar-refractivity contribution in [1.29, 1.82) is 0 Å². The lowest BCUT2D eigenvalue weighted by Gasteiger charge is -2.35. The summed E-state index contributed by atoms with van der Waals surface area (Å²) in [4.78, 5) is 24.5. The Bertz CT molecular complexity index is 283. The highest BCUT2D eigenvalue weighted by molar-refractivity contribution is 5.82. The molecule has 0 spiro atoms. The first kappa shape index (κ1) is 13.8. The number of carboxylic acid groups (broad SMARTS) is 1. The molecule has 3 atom stereocenters. The number of nitrogens with zero attached hydrogens (tertiary/aromatic N) is 1. The Kier molecular flexibility index (Phi) is 4.78. The number of carboxylic acids is 1. The summed E-state index contributed by atoms with van der Waals surface area (Å²) < 4.78 is 0. The second-order valence-corrected chi connectivity index (χ2v) is 5.10. The van der Waals surface area contributed by atoms with Crippen LogP contribution in [0.2, 0.25) is 0 Å². The zero-order valence-electron chi connectivity index (χ0n) is 10.8. The molecule has 2 unspecified atom stereocenters. The van der Waals surface area contributed by atoms with Gasteiger partial charge in [0.05, 0.1) is 0 Å². The number of amides is 2. The van der Waals surface area contributed by atoms with E-state index in [-0.39, 0.29) is 6.03 Å². The first-order chi connectivity index (χ1) is 7.93. The number of likely N-dealkylation sites (tertiary alicyclic amines) is 1. The smallest absolute Gasteiger partial charge is 0.326 e. The van der Waals surface area contributed by atoms with Gasteiger partial charge in [0.25, 0.3) is 0 Å². The molecule has 0 saturated carbocycles. The highest BCUT2D eigenvalue weighted by Gasteiger charge is 2.27. The minimum absolute atomic E-state index is 0.252. The molecule has 1 aliphatic heterocycles. The van der Waals surface area contributed by atoms with Crippen LogP contribution in [0.1, 0.15) is 33.6 Å². The fourth-order valence-electron chi connectivity index (χ4n) is 2.41.